The van der Waals surface area contributed by atoms with E-state index in [1.807, 2.05) is 0 Å². The maximum absolute atomic E-state index is 5.52. The first kappa shape index (κ1) is 9.21. The minimum absolute atomic E-state index is 0.311. The van der Waals surface area contributed by atoms with Crippen LogP contribution in [0.4, 0.5) is 11.6 Å². The Morgan fingerprint density at radius 2 is 2.50 bits per heavy atom. The molecule has 0 aromatic carbocycles. The lowest BCUT2D eigenvalue weighted by atomic mass is 10.2. The van der Waals surface area contributed by atoms with Crippen molar-refractivity contribution in [2.75, 3.05) is 24.2 Å². The zero-order valence-electron chi connectivity index (χ0n) is 7.94. The van der Waals surface area contributed by atoms with E-state index in [9.17, 15) is 0 Å². The molecule has 0 amide bonds. The fraction of sp³-hybridized carbons (Fsp3) is 0.556. The lowest BCUT2D eigenvalue weighted by molar-refractivity contribution is 0.120. The average molecular weight is 194 g/mol. The summed E-state index contributed by atoms with van der Waals surface area (Å²) < 4.78 is 5.47. The van der Waals surface area contributed by atoms with Crippen LogP contribution in [0, 0.1) is 0 Å². The molecule has 1 atom stereocenters. The summed E-state index contributed by atoms with van der Waals surface area (Å²) in [4.78, 5) is 7.86. The summed E-state index contributed by atoms with van der Waals surface area (Å²) in [6, 6.07) is 1.72. The number of hydrogen-bond donors (Lipinski definition) is 2. The molecule has 2 heterocycles. The summed E-state index contributed by atoms with van der Waals surface area (Å²) >= 11 is 0. The highest BCUT2D eigenvalue weighted by atomic mass is 16.5. The number of nitrogens with one attached hydrogen (secondary N) is 1. The zero-order chi connectivity index (χ0) is 9.80. The van der Waals surface area contributed by atoms with E-state index in [-0.39, 0.29) is 0 Å². The Hall–Kier alpha value is -1.36. The quantitative estimate of drug-likeness (QED) is 0.739. The number of anilines is 2. The molecule has 76 valence electrons. The van der Waals surface area contributed by atoms with Gasteiger partial charge in [-0.25, -0.2) is 9.97 Å². The van der Waals surface area contributed by atoms with Crippen LogP contribution in [-0.4, -0.2) is 29.2 Å². The summed E-state index contributed by atoms with van der Waals surface area (Å²) in [6.45, 7) is 1.66. The molecule has 3 N–H and O–H groups in total. The van der Waals surface area contributed by atoms with Crippen LogP contribution in [0.3, 0.4) is 0 Å². The summed E-state index contributed by atoms with van der Waals surface area (Å²) in [6.07, 6.45) is 4.03. The van der Waals surface area contributed by atoms with E-state index < -0.39 is 0 Å². The Kier molecular flexibility index (Phi) is 2.78. The minimum Gasteiger partial charge on any atom is -0.384 e. The molecule has 0 radical (unpaired) electrons. The zero-order valence-corrected chi connectivity index (χ0v) is 7.94. The van der Waals surface area contributed by atoms with Crippen molar-refractivity contribution in [1.82, 2.24) is 9.97 Å². The van der Waals surface area contributed by atoms with Gasteiger partial charge in [-0.05, 0) is 12.8 Å². The lowest BCUT2D eigenvalue weighted by Crippen LogP contribution is -2.19. The van der Waals surface area contributed by atoms with Crippen molar-refractivity contribution in [3.63, 3.8) is 0 Å². The number of hydrogen-bond acceptors (Lipinski definition) is 5. The van der Waals surface area contributed by atoms with E-state index in [1.165, 1.54) is 6.33 Å². The van der Waals surface area contributed by atoms with Crippen LogP contribution in [-0.2, 0) is 4.74 Å². The molecule has 0 aliphatic carbocycles. The van der Waals surface area contributed by atoms with Gasteiger partial charge in [-0.3, -0.25) is 0 Å². The smallest absolute Gasteiger partial charge is 0.131 e. The predicted molar refractivity (Wildman–Crippen MR) is 53.9 cm³/mol. The van der Waals surface area contributed by atoms with Gasteiger partial charge in [-0.15, -0.1) is 0 Å². The van der Waals surface area contributed by atoms with Crippen LogP contribution in [0.2, 0.25) is 0 Å². The van der Waals surface area contributed by atoms with Gasteiger partial charge in [0.15, 0.2) is 0 Å². The van der Waals surface area contributed by atoms with E-state index in [1.54, 1.807) is 6.07 Å². The van der Waals surface area contributed by atoms with Crippen LogP contribution in [0.15, 0.2) is 12.4 Å². The highest BCUT2D eigenvalue weighted by Gasteiger charge is 2.14. The first-order valence-corrected chi connectivity index (χ1v) is 4.77. The minimum atomic E-state index is 0.311. The summed E-state index contributed by atoms with van der Waals surface area (Å²) in [5.41, 5.74) is 5.52. The molecule has 2 rings (SSSR count). The van der Waals surface area contributed by atoms with Gasteiger partial charge in [0.2, 0.25) is 0 Å². The van der Waals surface area contributed by atoms with Crippen molar-refractivity contribution >= 4 is 11.6 Å². The Balaban J connectivity index is 1.85. The van der Waals surface area contributed by atoms with Gasteiger partial charge in [0.05, 0.1) is 6.10 Å². The lowest BCUT2D eigenvalue weighted by Gasteiger charge is -2.10. The Morgan fingerprint density at radius 1 is 1.57 bits per heavy atom. The predicted octanol–water partition coefficient (Wildman–Crippen LogP) is 0.650. The monoisotopic (exact) mass is 194 g/mol. The second-order valence-corrected chi connectivity index (χ2v) is 3.34. The molecule has 1 aromatic heterocycles. The van der Waals surface area contributed by atoms with Crippen LogP contribution < -0.4 is 11.1 Å². The van der Waals surface area contributed by atoms with E-state index in [4.69, 9.17) is 10.5 Å². The first-order chi connectivity index (χ1) is 6.84. The Bertz CT molecular complexity index is 299. The molecular weight excluding hydrogens is 180 g/mol. The van der Waals surface area contributed by atoms with E-state index >= 15 is 0 Å². The molecule has 14 heavy (non-hydrogen) atoms. The van der Waals surface area contributed by atoms with Gasteiger partial charge in [0.25, 0.3) is 0 Å². The highest BCUT2D eigenvalue weighted by molar-refractivity contribution is 5.43. The van der Waals surface area contributed by atoms with Gasteiger partial charge >= 0.3 is 0 Å². The first-order valence-electron chi connectivity index (χ1n) is 4.77. The summed E-state index contributed by atoms with van der Waals surface area (Å²) in [7, 11) is 0. The number of ether oxygens (including phenoxy) is 1. The summed E-state index contributed by atoms with van der Waals surface area (Å²) in [5, 5.41) is 3.17. The van der Waals surface area contributed by atoms with Crippen molar-refractivity contribution in [2.45, 2.75) is 18.9 Å². The third-order valence-electron chi connectivity index (χ3n) is 2.22. The second kappa shape index (κ2) is 4.23. The fourth-order valence-corrected chi connectivity index (χ4v) is 1.49. The largest absolute Gasteiger partial charge is 0.384 e. The van der Waals surface area contributed by atoms with E-state index in [2.05, 4.69) is 15.3 Å². The topological polar surface area (TPSA) is 73.1 Å². The number of nitrogens with zero attached hydrogens (tertiary/aromatic N) is 2. The third-order valence-corrected chi connectivity index (χ3v) is 2.22. The molecule has 5 heteroatoms. The molecule has 0 bridgehead atoms. The van der Waals surface area contributed by atoms with Crippen LogP contribution in [0.5, 0.6) is 0 Å². The Labute approximate surface area is 82.7 Å². The van der Waals surface area contributed by atoms with Crippen LogP contribution >= 0.6 is 0 Å². The molecule has 0 spiro atoms. The molecule has 1 fully saturated rings. The Morgan fingerprint density at radius 3 is 3.21 bits per heavy atom. The van der Waals surface area contributed by atoms with Crippen molar-refractivity contribution in [3.8, 4) is 0 Å². The molecular formula is C9H14N4O. The number of nitrogens with two attached hydrogens (primary N) is 1. The van der Waals surface area contributed by atoms with Crippen LogP contribution in [0.25, 0.3) is 0 Å². The van der Waals surface area contributed by atoms with E-state index in [0.29, 0.717) is 11.9 Å². The second-order valence-electron chi connectivity index (χ2n) is 3.34. The normalized spacial score (nSPS) is 21.0. The third kappa shape index (κ3) is 2.32. The SMILES string of the molecule is Nc1cc(NC[C@H]2CCCO2)ncn1. The van der Waals surface area contributed by atoms with Crippen molar-refractivity contribution in [2.24, 2.45) is 0 Å². The van der Waals surface area contributed by atoms with Crippen molar-refractivity contribution in [3.05, 3.63) is 12.4 Å². The molecule has 1 aromatic rings. The van der Waals surface area contributed by atoms with Crippen molar-refractivity contribution in [1.29, 1.82) is 0 Å². The van der Waals surface area contributed by atoms with Gasteiger partial charge in [0.1, 0.15) is 18.0 Å². The fourth-order valence-electron chi connectivity index (χ4n) is 1.49. The standard InChI is InChI=1S/C9H14N4O/c10-8-4-9(13-6-12-8)11-5-7-2-1-3-14-7/h4,6-7H,1-3,5H2,(H3,10,11,12,13)/t7-/m1/s1. The molecule has 0 saturated carbocycles. The van der Waals surface area contributed by atoms with Gasteiger partial charge in [-0.1, -0.05) is 0 Å². The van der Waals surface area contributed by atoms with Gasteiger partial charge in [-0.2, -0.15) is 0 Å². The molecule has 1 aliphatic heterocycles. The van der Waals surface area contributed by atoms with E-state index in [0.717, 1.165) is 31.8 Å². The number of rotatable bonds is 3. The van der Waals surface area contributed by atoms with Crippen molar-refractivity contribution < 1.29 is 4.74 Å². The average Bonchev–Trinajstić information content (AvgIpc) is 2.67. The van der Waals surface area contributed by atoms with Crippen LogP contribution in [0.1, 0.15) is 12.8 Å². The number of nitrogen functional groups attached to an aromatic ring is 1. The molecule has 0 unspecified atom stereocenters. The summed E-state index contributed by atoms with van der Waals surface area (Å²) in [5.74, 6) is 1.24. The van der Waals surface area contributed by atoms with Gasteiger partial charge < -0.3 is 15.8 Å². The molecule has 1 saturated heterocycles. The molecule has 5 nitrogen and oxygen atoms in total. The number of aromatic nitrogens is 2. The maximum Gasteiger partial charge on any atom is 0.131 e. The molecule has 1 aliphatic rings. The van der Waals surface area contributed by atoms with Gasteiger partial charge in [0, 0.05) is 19.2 Å². The maximum atomic E-state index is 5.52. The highest BCUT2D eigenvalue weighted by Crippen LogP contribution is 2.13.